The molecule has 0 unspecified atom stereocenters. The molecule has 0 aliphatic heterocycles. The van der Waals surface area contributed by atoms with E-state index in [1.165, 1.54) is 6.07 Å². The van der Waals surface area contributed by atoms with Crippen molar-refractivity contribution >= 4 is 34.6 Å². The van der Waals surface area contributed by atoms with Crippen LogP contribution in [0.2, 0.25) is 10.0 Å². The molecular formula is C9H10Cl2N2O4. The first-order valence-corrected chi connectivity index (χ1v) is 5.36. The summed E-state index contributed by atoms with van der Waals surface area (Å²) in [5, 5.41) is 31.4. The van der Waals surface area contributed by atoms with E-state index in [0.717, 1.165) is 6.07 Å². The third kappa shape index (κ3) is 3.44. The summed E-state index contributed by atoms with van der Waals surface area (Å²) in [7, 11) is 0. The van der Waals surface area contributed by atoms with Crippen LogP contribution in [0.3, 0.4) is 0 Å². The van der Waals surface area contributed by atoms with Gasteiger partial charge in [-0.25, -0.2) is 0 Å². The number of aliphatic hydroxyl groups is 2. The van der Waals surface area contributed by atoms with Gasteiger partial charge in [-0.15, -0.1) is 0 Å². The van der Waals surface area contributed by atoms with Gasteiger partial charge >= 0.3 is 0 Å². The number of benzene rings is 1. The van der Waals surface area contributed by atoms with Crippen LogP contribution in [0.1, 0.15) is 0 Å². The zero-order chi connectivity index (χ0) is 13.0. The topological polar surface area (TPSA) is 95.6 Å². The fraction of sp³-hybridized carbons (Fsp3) is 0.333. The number of nitrogens with zero attached hydrogens (tertiary/aromatic N) is 1. The van der Waals surface area contributed by atoms with E-state index in [2.05, 4.69) is 5.32 Å². The van der Waals surface area contributed by atoms with Gasteiger partial charge < -0.3 is 15.5 Å². The smallest absolute Gasteiger partial charge is 0.293 e. The minimum absolute atomic E-state index is 0.0634. The summed E-state index contributed by atoms with van der Waals surface area (Å²) < 4.78 is 0. The predicted molar refractivity (Wildman–Crippen MR) is 64.7 cm³/mol. The Balaban J connectivity index is 3.12. The molecule has 0 atom stereocenters. The number of nitrogens with one attached hydrogen (secondary N) is 1. The average Bonchev–Trinajstić information content (AvgIpc) is 2.29. The van der Waals surface area contributed by atoms with Crippen LogP contribution >= 0.6 is 23.2 Å². The molecule has 0 saturated heterocycles. The summed E-state index contributed by atoms with van der Waals surface area (Å²) >= 11 is 11.4. The summed E-state index contributed by atoms with van der Waals surface area (Å²) in [5.41, 5.74) is -0.177. The van der Waals surface area contributed by atoms with E-state index in [9.17, 15) is 10.1 Å². The van der Waals surface area contributed by atoms with Crippen molar-refractivity contribution in [3.05, 3.63) is 32.3 Å². The summed E-state index contributed by atoms with van der Waals surface area (Å²) in [4.78, 5) is 10.2. The van der Waals surface area contributed by atoms with Crippen molar-refractivity contribution in [1.29, 1.82) is 0 Å². The van der Waals surface area contributed by atoms with Crippen molar-refractivity contribution in [1.82, 2.24) is 0 Å². The Labute approximate surface area is 107 Å². The normalized spacial score (nSPS) is 10.6. The SMILES string of the molecule is O=[N+]([O-])c1cc(Cl)c(Cl)cc1NC(CO)CO. The monoisotopic (exact) mass is 280 g/mol. The van der Waals surface area contributed by atoms with Gasteiger partial charge in [-0.2, -0.15) is 0 Å². The Hall–Kier alpha value is -1.08. The Morgan fingerprint density at radius 1 is 1.29 bits per heavy atom. The van der Waals surface area contributed by atoms with Gasteiger partial charge in [0.05, 0.1) is 34.2 Å². The van der Waals surface area contributed by atoms with Gasteiger partial charge in [0.25, 0.3) is 5.69 Å². The lowest BCUT2D eigenvalue weighted by molar-refractivity contribution is -0.384. The molecule has 94 valence electrons. The largest absolute Gasteiger partial charge is 0.394 e. The van der Waals surface area contributed by atoms with Crippen LogP contribution in [0, 0.1) is 10.1 Å². The number of anilines is 1. The number of hydrogen-bond donors (Lipinski definition) is 3. The molecule has 8 heteroatoms. The van der Waals surface area contributed by atoms with E-state index >= 15 is 0 Å². The number of nitro benzene ring substituents is 1. The molecule has 0 aliphatic rings. The standard InChI is InChI=1S/C9H10Cl2N2O4/c10-6-1-8(12-5(3-14)4-15)9(13(16)17)2-7(6)11/h1-2,5,12,14-15H,3-4H2. The Morgan fingerprint density at radius 3 is 2.29 bits per heavy atom. The van der Waals surface area contributed by atoms with E-state index in [1.807, 2.05) is 0 Å². The Morgan fingerprint density at radius 2 is 1.82 bits per heavy atom. The first-order valence-electron chi connectivity index (χ1n) is 4.61. The number of rotatable bonds is 5. The van der Waals surface area contributed by atoms with Crippen molar-refractivity contribution in [3.8, 4) is 0 Å². The number of aliphatic hydroxyl groups excluding tert-OH is 2. The van der Waals surface area contributed by atoms with Crippen LogP contribution in [0.5, 0.6) is 0 Å². The highest BCUT2D eigenvalue weighted by atomic mass is 35.5. The maximum Gasteiger partial charge on any atom is 0.293 e. The van der Waals surface area contributed by atoms with Crippen LogP contribution in [0.15, 0.2) is 12.1 Å². The van der Waals surface area contributed by atoms with Gasteiger partial charge in [0.1, 0.15) is 5.69 Å². The summed E-state index contributed by atoms with van der Waals surface area (Å²) in [6, 6.07) is 1.68. The second-order valence-electron chi connectivity index (χ2n) is 3.25. The lowest BCUT2D eigenvalue weighted by Crippen LogP contribution is -2.28. The van der Waals surface area contributed by atoms with Crippen LogP contribution in [-0.4, -0.2) is 34.4 Å². The molecule has 0 fully saturated rings. The van der Waals surface area contributed by atoms with Gasteiger partial charge in [-0.1, -0.05) is 23.2 Å². The second kappa shape index (κ2) is 6.02. The summed E-state index contributed by atoms with van der Waals surface area (Å²) in [6.07, 6.45) is 0. The molecular weight excluding hydrogens is 271 g/mol. The Kier molecular flexibility index (Phi) is 4.95. The van der Waals surface area contributed by atoms with Gasteiger partial charge in [0.15, 0.2) is 0 Å². The number of hydrogen-bond acceptors (Lipinski definition) is 5. The molecule has 1 aromatic rings. The lowest BCUT2D eigenvalue weighted by atomic mass is 10.2. The maximum absolute atomic E-state index is 10.8. The third-order valence-electron chi connectivity index (χ3n) is 2.04. The first kappa shape index (κ1) is 14.0. The quantitative estimate of drug-likeness (QED) is 0.563. The van der Waals surface area contributed by atoms with Gasteiger partial charge in [0, 0.05) is 6.07 Å². The predicted octanol–water partition coefficient (Wildman–Crippen LogP) is 1.67. The van der Waals surface area contributed by atoms with E-state index in [0.29, 0.717) is 0 Å². The van der Waals surface area contributed by atoms with E-state index < -0.39 is 11.0 Å². The van der Waals surface area contributed by atoms with E-state index in [4.69, 9.17) is 33.4 Å². The summed E-state index contributed by atoms with van der Waals surface area (Å²) in [6.45, 7) is -0.734. The molecule has 0 aromatic heterocycles. The van der Waals surface area contributed by atoms with Crippen molar-refractivity contribution < 1.29 is 15.1 Å². The van der Waals surface area contributed by atoms with Crippen molar-refractivity contribution in [2.45, 2.75) is 6.04 Å². The van der Waals surface area contributed by atoms with Crippen LogP contribution in [0.4, 0.5) is 11.4 Å². The van der Waals surface area contributed by atoms with E-state index in [1.54, 1.807) is 0 Å². The summed E-state index contributed by atoms with van der Waals surface area (Å²) in [5.74, 6) is 0. The molecule has 0 saturated carbocycles. The molecule has 0 aliphatic carbocycles. The van der Waals surface area contributed by atoms with Crippen LogP contribution in [0.25, 0.3) is 0 Å². The minimum Gasteiger partial charge on any atom is -0.394 e. The molecule has 0 amide bonds. The van der Waals surface area contributed by atoms with Crippen molar-refractivity contribution in [2.75, 3.05) is 18.5 Å². The molecule has 0 bridgehead atoms. The highest BCUT2D eigenvalue weighted by Gasteiger charge is 2.19. The van der Waals surface area contributed by atoms with Crippen LogP contribution in [-0.2, 0) is 0 Å². The number of nitro groups is 1. The van der Waals surface area contributed by atoms with Crippen molar-refractivity contribution in [3.63, 3.8) is 0 Å². The lowest BCUT2D eigenvalue weighted by Gasteiger charge is -2.15. The van der Waals surface area contributed by atoms with E-state index in [-0.39, 0.29) is 34.6 Å². The zero-order valence-corrected chi connectivity index (χ0v) is 10.1. The third-order valence-corrected chi connectivity index (χ3v) is 2.76. The molecule has 3 N–H and O–H groups in total. The molecule has 17 heavy (non-hydrogen) atoms. The minimum atomic E-state index is -0.703. The molecule has 1 aromatic carbocycles. The molecule has 0 radical (unpaired) electrons. The second-order valence-corrected chi connectivity index (χ2v) is 4.06. The van der Waals surface area contributed by atoms with Crippen LogP contribution < -0.4 is 5.32 Å². The fourth-order valence-electron chi connectivity index (χ4n) is 1.17. The molecule has 0 heterocycles. The first-order chi connectivity index (χ1) is 7.99. The fourth-order valence-corrected chi connectivity index (χ4v) is 1.49. The molecule has 6 nitrogen and oxygen atoms in total. The van der Waals surface area contributed by atoms with Crippen molar-refractivity contribution in [2.24, 2.45) is 0 Å². The Bertz CT molecular complexity index is 424. The van der Waals surface area contributed by atoms with Gasteiger partial charge in [-0.05, 0) is 6.07 Å². The highest BCUT2D eigenvalue weighted by molar-refractivity contribution is 6.42. The van der Waals surface area contributed by atoms with Gasteiger partial charge in [0.2, 0.25) is 0 Å². The average molecular weight is 281 g/mol. The maximum atomic E-state index is 10.8. The van der Waals surface area contributed by atoms with Gasteiger partial charge in [-0.3, -0.25) is 10.1 Å². The number of halogens is 2. The molecule has 0 spiro atoms. The highest BCUT2D eigenvalue weighted by Crippen LogP contribution is 2.34. The zero-order valence-electron chi connectivity index (χ0n) is 8.56. The molecule has 1 rings (SSSR count).